The molecule has 1 aliphatic carbocycles. The van der Waals surface area contributed by atoms with Crippen molar-refractivity contribution < 1.29 is 19.1 Å². The van der Waals surface area contributed by atoms with Crippen molar-refractivity contribution >= 4 is 30.4 Å². The molecule has 3 aromatic carbocycles. The molecule has 180 valence electrons. The highest BCUT2D eigenvalue weighted by Crippen LogP contribution is 2.44. The summed E-state index contributed by atoms with van der Waals surface area (Å²) in [6.07, 6.45) is -0.429. The second-order valence-corrected chi connectivity index (χ2v) is 8.93. The molecule has 3 aromatic rings. The third kappa shape index (κ3) is 5.74. The van der Waals surface area contributed by atoms with Gasteiger partial charge in [0.2, 0.25) is 5.91 Å². The van der Waals surface area contributed by atoms with Gasteiger partial charge in [0.25, 0.3) is 0 Å². The molecule has 2 amide bonds. The van der Waals surface area contributed by atoms with Crippen molar-refractivity contribution in [2.45, 2.75) is 31.3 Å². The lowest BCUT2D eigenvalue weighted by Crippen LogP contribution is -2.52. The minimum absolute atomic E-state index is 0.0826. The van der Waals surface area contributed by atoms with Gasteiger partial charge in [-0.05, 0) is 34.7 Å². The number of rotatable bonds is 9. The van der Waals surface area contributed by atoms with E-state index >= 15 is 0 Å². The van der Waals surface area contributed by atoms with E-state index in [4.69, 9.17) is 4.74 Å². The number of fused-ring (bicyclic) bond motifs is 3. The number of Topliss-reactive ketones (excluding diaryl/α,β-unsaturated/α-hetero) is 1. The monoisotopic (exact) mass is 488 g/mol. The summed E-state index contributed by atoms with van der Waals surface area (Å²) in [4.78, 5) is 37.6. The van der Waals surface area contributed by atoms with Crippen LogP contribution in [-0.2, 0) is 20.7 Å². The van der Waals surface area contributed by atoms with E-state index in [1.165, 1.54) is 6.92 Å². The molecule has 1 aliphatic rings. The number of nitrogens with one attached hydrogen (secondary N) is 2. The molecular weight excluding hydrogens is 460 g/mol. The Hall–Kier alpha value is -3.58. The SMILES string of the molecule is CC(=O)[C@H](CS)NC(=O)[C@H](Cc1ccccc1)NC(=O)OCC1c2ccccc2-c2ccccc21. The molecule has 0 radical (unpaired) electrons. The van der Waals surface area contributed by atoms with Gasteiger partial charge in [-0.3, -0.25) is 9.59 Å². The highest BCUT2D eigenvalue weighted by Gasteiger charge is 2.30. The van der Waals surface area contributed by atoms with Crippen molar-refractivity contribution in [3.05, 3.63) is 95.6 Å². The van der Waals surface area contributed by atoms with E-state index in [0.717, 1.165) is 27.8 Å². The van der Waals surface area contributed by atoms with E-state index < -0.39 is 24.1 Å². The molecule has 0 saturated heterocycles. The van der Waals surface area contributed by atoms with Gasteiger partial charge in [-0.2, -0.15) is 12.6 Å². The first-order valence-corrected chi connectivity index (χ1v) is 12.2. The summed E-state index contributed by atoms with van der Waals surface area (Å²) in [7, 11) is 0. The zero-order valence-electron chi connectivity index (χ0n) is 19.4. The highest BCUT2D eigenvalue weighted by atomic mass is 32.1. The summed E-state index contributed by atoms with van der Waals surface area (Å²) >= 11 is 4.15. The summed E-state index contributed by atoms with van der Waals surface area (Å²) in [6, 6.07) is 23.9. The van der Waals surface area contributed by atoms with Gasteiger partial charge < -0.3 is 15.4 Å². The summed E-state index contributed by atoms with van der Waals surface area (Å²) in [5.74, 6) is -0.574. The molecule has 6 nitrogen and oxygen atoms in total. The summed E-state index contributed by atoms with van der Waals surface area (Å²) < 4.78 is 5.62. The van der Waals surface area contributed by atoms with Crippen LogP contribution in [0.25, 0.3) is 11.1 Å². The first-order valence-electron chi connectivity index (χ1n) is 11.5. The van der Waals surface area contributed by atoms with Crippen LogP contribution in [0.15, 0.2) is 78.9 Å². The molecule has 4 rings (SSSR count). The average molecular weight is 489 g/mol. The summed E-state index contributed by atoms with van der Waals surface area (Å²) in [5.41, 5.74) is 5.37. The van der Waals surface area contributed by atoms with E-state index in [2.05, 4.69) is 35.4 Å². The quantitative estimate of drug-likeness (QED) is 0.395. The largest absolute Gasteiger partial charge is 0.449 e. The molecule has 0 unspecified atom stereocenters. The van der Waals surface area contributed by atoms with Gasteiger partial charge in [-0.15, -0.1) is 0 Å². The zero-order chi connectivity index (χ0) is 24.8. The minimum Gasteiger partial charge on any atom is -0.449 e. The number of alkyl carbamates (subject to hydrolysis) is 1. The van der Waals surface area contributed by atoms with Crippen molar-refractivity contribution in [1.82, 2.24) is 10.6 Å². The van der Waals surface area contributed by atoms with E-state index in [1.54, 1.807) is 0 Å². The lowest BCUT2D eigenvalue weighted by Gasteiger charge is -2.22. The lowest BCUT2D eigenvalue weighted by molar-refractivity contribution is -0.127. The van der Waals surface area contributed by atoms with Crippen molar-refractivity contribution in [3.8, 4) is 11.1 Å². The van der Waals surface area contributed by atoms with Crippen LogP contribution in [0.1, 0.15) is 29.5 Å². The molecule has 7 heteroatoms. The van der Waals surface area contributed by atoms with Crippen LogP contribution in [0.2, 0.25) is 0 Å². The van der Waals surface area contributed by atoms with Crippen LogP contribution in [0, 0.1) is 0 Å². The number of thiol groups is 1. The van der Waals surface area contributed by atoms with Gasteiger partial charge in [0.1, 0.15) is 12.6 Å². The van der Waals surface area contributed by atoms with Gasteiger partial charge in [0, 0.05) is 18.1 Å². The molecular formula is C28H28N2O4S. The number of ketones is 1. The smallest absolute Gasteiger partial charge is 0.407 e. The minimum atomic E-state index is -0.908. The predicted octanol–water partition coefficient (Wildman–Crippen LogP) is 4.14. The van der Waals surface area contributed by atoms with Gasteiger partial charge >= 0.3 is 6.09 Å². The number of ether oxygens (including phenoxy) is 1. The Morgan fingerprint density at radius 2 is 1.40 bits per heavy atom. The van der Waals surface area contributed by atoms with Crippen LogP contribution in [0.3, 0.4) is 0 Å². The van der Waals surface area contributed by atoms with Crippen LogP contribution in [-0.4, -0.2) is 42.2 Å². The van der Waals surface area contributed by atoms with Gasteiger partial charge in [-0.25, -0.2) is 4.79 Å². The first kappa shape index (κ1) is 24.5. The average Bonchev–Trinajstić information content (AvgIpc) is 3.19. The third-order valence-electron chi connectivity index (χ3n) is 6.22. The first-order chi connectivity index (χ1) is 17.0. The zero-order valence-corrected chi connectivity index (χ0v) is 20.3. The van der Waals surface area contributed by atoms with Gasteiger partial charge in [0.05, 0.1) is 6.04 Å². The Bertz CT molecular complexity index is 1170. The van der Waals surface area contributed by atoms with Crippen LogP contribution in [0.4, 0.5) is 4.79 Å². The number of benzene rings is 3. The van der Waals surface area contributed by atoms with Crippen molar-refractivity contribution in [3.63, 3.8) is 0 Å². The molecule has 35 heavy (non-hydrogen) atoms. The second-order valence-electron chi connectivity index (χ2n) is 8.57. The fourth-order valence-electron chi connectivity index (χ4n) is 4.39. The molecule has 0 fully saturated rings. The standard InChI is InChI=1S/C28H28N2O4S/c1-18(31)26(17-35)29-27(32)25(15-19-9-3-2-4-10-19)30-28(33)34-16-24-22-13-7-5-11-20(22)21-12-6-8-14-23(21)24/h2-14,24-26,35H,15-17H2,1H3,(H,29,32)(H,30,33)/t25-,26-/m0/s1. The number of amides is 2. The topological polar surface area (TPSA) is 84.5 Å². The molecule has 0 heterocycles. The van der Waals surface area contributed by atoms with Crippen molar-refractivity contribution in [1.29, 1.82) is 0 Å². The predicted molar refractivity (Wildman–Crippen MR) is 139 cm³/mol. The third-order valence-corrected chi connectivity index (χ3v) is 6.59. The van der Waals surface area contributed by atoms with Gasteiger partial charge in [-0.1, -0.05) is 78.9 Å². The van der Waals surface area contributed by atoms with Gasteiger partial charge in [0.15, 0.2) is 5.78 Å². The Kier molecular flexibility index (Phi) is 7.87. The maximum atomic E-state index is 13.0. The molecule has 0 saturated carbocycles. The fraction of sp³-hybridized carbons (Fsp3) is 0.250. The molecule has 2 atom stereocenters. The maximum absolute atomic E-state index is 13.0. The summed E-state index contributed by atoms with van der Waals surface area (Å²) in [5, 5.41) is 5.38. The maximum Gasteiger partial charge on any atom is 0.407 e. The molecule has 0 bridgehead atoms. The molecule has 0 aliphatic heterocycles. The Balaban J connectivity index is 1.46. The lowest BCUT2D eigenvalue weighted by atomic mass is 9.98. The van der Waals surface area contributed by atoms with E-state index in [9.17, 15) is 14.4 Å². The van der Waals surface area contributed by atoms with Crippen LogP contribution in [0.5, 0.6) is 0 Å². The molecule has 2 N–H and O–H groups in total. The number of hydrogen-bond acceptors (Lipinski definition) is 5. The van der Waals surface area contributed by atoms with Crippen LogP contribution >= 0.6 is 12.6 Å². The Morgan fingerprint density at radius 3 is 1.97 bits per heavy atom. The van der Waals surface area contributed by atoms with E-state index in [0.29, 0.717) is 0 Å². The Morgan fingerprint density at radius 1 is 0.829 bits per heavy atom. The molecule has 0 aromatic heterocycles. The number of carbonyl (C=O) groups excluding carboxylic acids is 3. The van der Waals surface area contributed by atoms with E-state index in [-0.39, 0.29) is 30.5 Å². The van der Waals surface area contributed by atoms with E-state index in [1.807, 2.05) is 66.7 Å². The van der Waals surface area contributed by atoms with Crippen molar-refractivity contribution in [2.75, 3.05) is 12.4 Å². The Labute approximate surface area is 210 Å². The number of carbonyl (C=O) groups is 3. The summed E-state index contributed by atoms with van der Waals surface area (Å²) in [6.45, 7) is 1.54. The van der Waals surface area contributed by atoms with Crippen molar-refractivity contribution in [2.24, 2.45) is 0 Å². The fourth-order valence-corrected chi connectivity index (χ4v) is 4.74. The van der Waals surface area contributed by atoms with Crippen LogP contribution < -0.4 is 10.6 Å². The molecule has 0 spiro atoms. The normalized spacial score (nSPS) is 13.8. The highest BCUT2D eigenvalue weighted by molar-refractivity contribution is 7.80. The second kappa shape index (κ2) is 11.2. The number of hydrogen-bond donors (Lipinski definition) is 3.